The first-order valence-corrected chi connectivity index (χ1v) is 9.95. The molecule has 4 rings (SSSR count). The Morgan fingerprint density at radius 1 is 0.652 bits per heavy atom. The van der Waals surface area contributed by atoms with E-state index in [-0.39, 0.29) is 0 Å². The highest BCUT2D eigenvalue weighted by atomic mass is 15.4. The van der Waals surface area contributed by atoms with Crippen molar-refractivity contribution in [3.8, 4) is 0 Å². The van der Waals surface area contributed by atoms with E-state index in [4.69, 9.17) is 0 Å². The van der Waals surface area contributed by atoms with Crippen molar-refractivity contribution in [3.63, 3.8) is 0 Å². The van der Waals surface area contributed by atoms with Crippen molar-refractivity contribution < 1.29 is 0 Å². The van der Waals surface area contributed by atoms with Gasteiger partial charge in [0.05, 0.1) is 6.67 Å². The summed E-state index contributed by atoms with van der Waals surface area (Å²) in [7, 11) is 0. The SMILES string of the molecule is CC1(C)C[C@H]2C[C@@](C)(CN2CN2C[C@]3(C)C[C@@H]2CC(C)(C)C3)C1. The third-order valence-electron chi connectivity index (χ3n) is 7.41. The van der Waals surface area contributed by atoms with Crippen LogP contribution in [0.5, 0.6) is 0 Å². The van der Waals surface area contributed by atoms with Gasteiger partial charge in [0.2, 0.25) is 0 Å². The molecule has 0 unspecified atom stereocenters. The Labute approximate surface area is 144 Å². The summed E-state index contributed by atoms with van der Waals surface area (Å²) >= 11 is 0. The van der Waals surface area contributed by atoms with Crippen LogP contribution < -0.4 is 0 Å². The first-order chi connectivity index (χ1) is 10.5. The molecule has 0 spiro atoms. The van der Waals surface area contributed by atoms with Gasteiger partial charge in [-0.25, -0.2) is 0 Å². The summed E-state index contributed by atoms with van der Waals surface area (Å²) in [6, 6.07) is 1.68. The number of hydrogen-bond acceptors (Lipinski definition) is 2. The summed E-state index contributed by atoms with van der Waals surface area (Å²) in [6.45, 7) is 19.0. The Kier molecular flexibility index (Phi) is 3.39. The molecule has 4 fully saturated rings. The first-order valence-electron chi connectivity index (χ1n) is 9.95. The number of fused-ring (bicyclic) bond motifs is 4. The van der Waals surface area contributed by atoms with Gasteiger partial charge in [0.15, 0.2) is 0 Å². The molecule has 2 heterocycles. The molecule has 2 saturated heterocycles. The fourth-order valence-corrected chi connectivity index (χ4v) is 7.72. The molecule has 2 heteroatoms. The molecular weight excluding hydrogens is 280 g/mol. The maximum Gasteiger partial charge on any atom is 0.0512 e. The van der Waals surface area contributed by atoms with Crippen LogP contribution in [-0.2, 0) is 0 Å². The van der Waals surface area contributed by atoms with E-state index in [2.05, 4.69) is 51.3 Å². The lowest BCUT2D eigenvalue weighted by Gasteiger charge is -2.40. The summed E-state index contributed by atoms with van der Waals surface area (Å²) in [6.07, 6.45) is 8.53. The molecule has 2 saturated carbocycles. The zero-order chi connectivity index (χ0) is 16.7. The van der Waals surface area contributed by atoms with Crippen LogP contribution in [0.3, 0.4) is 0 Å². The van der Waals surface area contributed by atoms with Crippen molar-refractivity contribution in [3.05, 3.63) is 0 Å². The fraction of sp³-hybridized carbons (Fsp3) is 1.00. The van der Waals surface area contributed by atoms with Gasteiger partial charge >= 0.3 is 0 Å². The second kappa shape index (κ2) is 4.75. The molecule has 2 nitrogen and oxygen atoms in total. The molecule has 0 N–H and O–H groups in total. The molecule has 0 aromatic rings. The monoisotopic (exact) mass is 318 g/mol. The van der Waals surface area contributed by atoms with Gasteiger partial charge in [-0.15, -0.1) is 0 Å². The number of likely N-dealkylation sites (tertiary alicyclic amines) is 2. The van der Waals surface area contributed by atoms with E-state index >= 15 is 0 Å². The third kappa shape index (κ3) is 2.99. The normalized spacial score (nSPS) is 48.8. The quantitative estimate of drug-likeness (QED) is 0.725. The predicted molar refractivity (Wildman–Crippen MR) is 97.3 cm³/mol. The van der Waals surface area contributed by atoms with Gasteiger partial charge in [0, 0.05) is 25.2 Å². The maximum atomic E-state index is 2.87. The molecule has 0 radical (unpaired) electrons. The zero-order valence-corrected chi connectivity index (χ0v) is 16.4. The van der Waals surface area contributed by atoms with Crippen LogP contribution in [0.4, 0.5) is 0 Å². The summed E-state index contributed by atoms with van der Waals surface area (Å²) in [5.74, 6) is 0. The standard InChI is InChI=1S/C21H38N2/c1-18(2)7-16-9-20(5,11-18)13-22(16)15-23-14-21(6)10-17(23)8-19(3,4)12-21/h16-17H,7-15H2,1-6H3/t16-,17-,20+,21+/m0/s1. The predicted octanol–water partition coefficient (Wildman–Crippen LogP) is 4.75. The minimum atomic E-state index is 0.543. The van der Waals surface area contributed by atoms with Crippen molar-refractivity contribution in [2.45, 2.75) is 92.2 Å². The van der Waals surface area contributed by atoms with Crippen molar-refractivity contribution in [2.24, 2.45) is 21.7 Å². The van der Waals surface area contributed by atoms with Crippen LogP contribution in [0, 0.1) is 21.7 Å². The topological polar surface area (TPSA) is 6.48 Å². The van der Waals surface area contributed by atoms with E-state index in [1.165, 1.54) is 58.3 Å². The minimum absolute atomic E-state index is 0.543. The molecule has 4 atom stereocenters. The Balaban J connectivity index is 1.48. The highest BCUT2D eigenvalue weighted by Crippen LogP contribution is 2.55. The van der Waals surface area contributed by atoms with Gasteiger partial charge < -0.3 is 0 Å². The van der Waals surface area contributed by atoms with E-state index in [0.29, 0.717) is 21.7 Å². The molecule has 4 aliphatic rings. The van der Waals surface area contributed by atoms with Crippen LogP contribution in [0.2, 0.25) is 0 Å². The molecule has 2 aliphatic carbocycles. The molecule has 23 heavy (non-hydrogen) atoms. The Morgan fingerprint density at radius 2 is 1.04 bits per heavy atom. The van der Waals surface area contributed by atoms with Gasteiger partial charge in [-0.3, -0.25) is 9.80 Å². The lowest BCUT2D eigenvalue weighted by Crippen LogP contribution is -2.44. The van der Waals surface area contributed by atoms with Crippen molar-refractivity contribution in [1.82, 2.24) is 9.80 Å². The van der Waals surface area contributed by atoms with Crippen molar-refractivity contribution >= 4 is 0 Å². The molecule has 0 aromatic heterocycles. The summed E-state index contributed by atoms with van der Waals surface area (Å²) in [4.78, 5) is 5.73. The smallest absolute Gasteiger partial charge is 0.0512 e. The van der Waals surface area contributed by atoms with E-state index < -0.39 is 0 Å². The van der Waals surface area contributed by atoms with Gasteiger partial charge in [-0.05, 0) is 60.2 Å². The van der Waals surface area contributed by atoms with Crippen molar-refractivity contribution in [2.75, 3.05) is 19.8 Å². The van der Waals surface area contributed by atoms with Gasteiger partial charge in [0.25, 0.3) is 0 Å². The number of hydrogen-bond donors (Lipinski definition) is 0. The van der Waals surface area contributed by atoms with E-state index in [9.17, 15) is 0 Å². The van der Waals surface area contributed by atoms with Gasteiger partial charge in [0.1, 0.15) is 0 Å². The van der Waals surface area contributed by atoms with Crippen LogP contribution in [0.25, 0.3) is 0 Å². The first kappa shape index (κ1) is 16.4. The minimum Gasteiger partial charge on any atom is -0.287 e. The van der Waals surface area contributed by atoms with Crippen LogP contribution in [0.1, 0.15) is 80.1 Å². The highest BCUT2D eigenvalue weighted by molar-refractivity contribution is 5.05. The zero-order valence-electron chi connectivity index (χ0n) is 16.4. The lowest BCUT2D eigenvalue weighted by atomic mass is 9.65. The molecule has 0 amide bonds. The second-order valence-electron chi connectivity index (χ2n) is 12.1. The van der Waals surface area contributed by atoms with Gasteiger partial charge in [-0.2, -0.15) is 0 Å². The van der Waals surface area contributed by atoms with Gasteiger partial charge in [-0.1, -0.05) is 41.5 Å². The fourth-order valence-electron chi connectivity index (χ4n) is 7.72. The molecule has 132 valence electrons. The highest BCUT2D eigenvalue weighted by Gasteiger charge is 2.53. The lowest BCUT2D eigenvalue weighted by molar-refractivity contribution is 0.0807. The Hall–Kier alpha value is -0.0800. The number of nitrogens with zero attached hydrogens (tertiary/aromatic N) is 2. The van der Waals surface area contributed by atoms with Crippen LogP contribution in [0.15, 0.2) is 0 Å². The average molecular weight is 319 g/mol. The largest absolute Gasteiger partial charge is 0.287 e. The molecule has 2 aliphatic heterocycles. The maximum absolute atomic E-state index is 2.87. The average Bonchev–Trinajstić information content (AvgIpc) is 2.67. The molecule has 4 bridgehead atoms. The van der Waals surface area contributed by atoms with Crippen LogP contribution in [-0.4, -0.2) is 41.6 Å². The Morgan fingerprint density at radius 3 is 1.43 bits per heavy atom. The van der Waals surface area contributed by atoms with E-state index in [1.54, 1.807) is 0 Å². The second-order valence-corrected chi connectivity index (χ2v) is 12.1. The van der Waals surface area contributed by atoms with E-state index in [0.717, 1.165) is 12.1 Å². The third-order valence-corrected chi connectivity index (χ3v) is 7.41. The van der Waals surface area contributed by atoms with E-state index in [1.807, 2.05) is 0 Å². The number of rotatable bonds is 2. The summed E-state index contributed by atoms with van der Waals surface area (Å²) < 4.78 is 0. The van der Waals surface area contributed by atoms with Crippen molar-refractivity contribution in [1.29, 1.82) is 0 Å². The molecule has 0 aromatic carbocycles. The summed E-state index contributed by atoms with van der Waals surface area (Å²) in [5.41, 5.74) is 2.23. The Bertz CT molecular complexity index is 452. The molecular formula is C21H38N2. The summed E-state index contributed by atoms with van der Waals surface area (Å²) in [5, 5.41) is 0. The van der Waals surface area contributed by atoms with Crippen LogP contribution >= 0.6 is 0 Å².